The summed E-state index contributed by atoms with van der Waals surface area (Å²) < 4.78 is 22.8. The summed E-state index contributed by atoms with van der Waals surface area (Å²) in [6.45, 7) is 4.87. The van der Waals surface area contributed by atoms with Gasteiger partial charge in [0.25, 0.3) is 0 Å². The van der Waals surface area contributed by atoms with E-state index < -0.39 is 9.84 Å². The van der Waals surface area contributed by atoms with Crippen LogP contribution in [0.25, 0.3) is 0 Å². The molecular weight excluding hydrogens is 330 g/mol. The van der Waals surface area contributed by atoms with Crippen molar-refractivity contribution in [3.8, 4) is 0 Å². The summed E-state index contributed by atoms with van der Waals surface area (Å²) in [5, 5.41) is 0. The Kier molecular flexibility index (Phi) is 13.8. The molecule has 150 valence electrons. The zero-order valence-electron chi connectivity index (χ0n) is 16.8. The average molecular weight is 374 g/mol. The van der Waals surface area contributed by atoms with Crippen LogP contribution < -0.4 is 0 Å². The lowest BCUT2D eigenvalue weighted by Crippen LogP contribution is -2.40. The van der Waals surface area contributed by atoms with Gasteiger partial charge in [-0.2, -0.15) is 0 Å². The summed E-state index contributed by atoms with van der Waals surface area (Å²) >= 11 is 0. The molecule has 0 aliphatic carbocycles. The van der Waals surface area contributed by atoms with Crippen LogP contribution in [0.15, 0.2) is 0 Å². The smallest absolute Gasteiger partial charge is 0.152 e. The van der Waals surface area contributed by atoms with E-state index in [-0.39, 0.29) is 0 Å². The van der Waals surface area contributed by atoms with Gasteiger partial charge in [-0.05, 0) is 13.0 Å². The zero-order chi connectivity index (χ0) is 18.2. The van der Waals surface area contributed by atoms with Gasteiger partial charge < -0.3 is 4.90 Å². The fourth-order valence-corrected chi connectivity index (χ4v) is 4.96. The lowest BCUT2D eigenvalue weighted by Gasteiger charge is -2.26. The summed E-state index contributed by atoms with van der Waals surface area (Å²) in [6.07, 6.45) is 20.9. The van der Waals surface area contributed by atoms with E-state index >= 15 is 0 Å². The molecule has 1 saturated heterocycles. The largest absolute Gasteiger partial charge is 0.301 e. The van der Waals surface area contributed by atoms with E-state index in [9.17, 15) is 8.42 Å². The Hall–Kier alpha value is -0.0900. The van der Waals surface area contributed by atoms with Gasteiger partial charge in [-0.1, -0.05) is 96.8 Å². The number of nitrogens with zero attached hydrogens (tertiary/aromatic N) is 1. The van der Waals surface area contributed by atoms with Crippen LogP contribution >= 0.6 is 0 Å². The molecule has 1 aliphatic heterocycles. The molecule has 0 bridgehead atoms. The number of rotatable bonds is 16. The van der Waals surface area contributed by atoms with Crippen molar-refractivity contribution in [3.63, 3.8) is 0 Å². The molecule has 0 spiro atoms. The lowest BCUT2D eigenvalue weighted by atomic mass is 10.0. The molecule has 4 heteroatoms. The minimum Gasteiger partial charge on any atom is -0.301 e. The lowest BCUT2D eigenvalue weighted by molar-refractivity contribution is 0.287. The van der Waals surface area contributed by atoms with Gasteiger partial charge in [0.15, 0.2) is 9.84 Å². The van der Waals surface area contributed by atoms with E-state index in [1.165, 1.54) is 96.3 Å². The average Bonchev–Trinajstić information content (AvgIpc) is 2.59. The first-order valence-electron chi connectivity index (χ1n) is 11.1. The summed E-state index contributed by atoms with van der Waals surface area (Å²) in [5.41, 5.74) is 0. The van der Waals surface area contributed by atoms with E-state index in [0.717, 1.165) is 19.6 Å². The molecular formula is C21H43NO2S. The van der Waals surface area contributed by atoms with Crippen LogP contribution in [0, 0.1) is 0 Å². The highest BCUT2D eigenvalue weighted by Crippen LogP contribution is 2.13. The Morgan fingerprint density at radius 1 is 0.600 bits per heavy atom. The number of hydrogen-bond donors (Lipinski definition) is 0. The number of hydrogen-bond acceptors (Lipinski definition) is 3. The zero-order valence-corrected chi connectivity index (χ0v) is 17.6. The van der Waals surface area contributed by atoms with Crippen molar-refractivity contribution in [3.05, 3.63) is 0 Å². The molecule has 0 saturated carbocycles. The topological polar surface area (TPSA) is 37.4 Å². The van der Waals surface area contributed by atoms with Crippen molar-refractivity contribution in [2.75, 3.05) is 31.1 Å². The van der Waals surface area contributed by atoms with Crippen LogP contribution in [0.5, 0.6) is 0 Å². The van der Waals surface area contributed by atoms with Crippen molar-refractivity contribution in [2.24, 2.45) is 0 Å². The highest BCUT2D eigenvalue weighted by Gasteiger charge is 2.20. The molecule has 0 aromatic carbocycles. The molecule has 0 amide bonds. The van der Waals surface area contributed by atoms with Gasteiger partial charge in [0.1, 0.15) is 0 Å². The normalized spacial score (nSPS) is 17.8. The molecule has 1 rings (SSSR count). The quantitative estimate of drug-likeness (QED) is 0.331. The molecule has 0 aromatic rings. The third kappa shape index (κ3) is 13.7. The van der Waals surface area contributed by atoms with Gasteiger partial charge in [-0.15, -0.1) is 0 Å². The van der Waals surface area contributed by atoms with Gasteiger partial charge >= 0.3 is 0 Å². The van der Waals surface area contributed by atoms with Crippen LogP contribution in [-0.4, -0.2) is 44.5 Å². The van der Waals surface area contributed by atoms with E-state index in [1.807, 2.05) is 0 Å². The summed E-state index contributed by atoms with van der Waals surface area (Å²) in [7, 11) is -2.72. The first kappa shape index (κ1) is 23.0. The van der Waals surface area contributed by atoms with Crippen LogP contribution in [0.3, 0.4) is 0 Å². The summed E-state index contributed by atoms with van der Waals surface area (Å²) in [5.74, 6) is 0.734. The second-order valence-electron chi connectivity index (χ2n) is 7.94. The highest BCUT2D eigenvalue weighted by molar-refractivity contribution is 7.91. The molecule has 0 radical (unpaired) electrons. The maximum atomic E-state index is 11.4. The van der Waals surface area contributed by atoms with Crippen LogP contribution in [-0.2, 0) is 9.84 Å². The van der Waals surface area contributed by atoms with Crippen LogP contribution in [0.4, 0.5) is 0 Å². The number of unbranched alkanes of at least 4 members (excludes halogenated alkanes) is 14. The Balaban J connectivity index is 1.74. The fourth-order valence-electron chi connectivity index (χ4n) is 3.68. The highest BCUT2D eigenvalue weighted by atomic mass is 32.2. The molecule has 1 heterocycles. The second kappa shape index (κ2) is 15.0. The van der Waals surface area contributed by atoms with E-state index in [1.54, 1.807) is 0 Å². The van der Waals surface area contributed by atoms with Gasteiger partial charge in [-0.3, -0.25) is 0 Å². The molecule has 0 atom stereocenters. The third-order valence-corrected chi connectivity index (χ3v) is 7.12. The Labute approximate surface area is 157 Å². The number of sulfone groups is 1. The molecule has 1 aliphatic rings. The van der Waals surface area contributed by atoms with Crippen molar-refractivity contribution >= 4 is 9.84 Å². The van der Waals surface area contributed by atoms with Gasteiger partial charge in [-0.25, -0.2) is 8.42 Å². The minimum atomic E-state index is -2.72. The van der Waals surface area contributed by atoms with Gasteiger partial charge in [0, 0.05) is 13.1 Å². The Morgan fingerprint density at radius 3 is 1.36 bits per heavy atom. The summed E-state index contributed by atoms with van der Waals surface area (Å²) in [6, 6.07) is 0. The SMILES string of the molecule is CCCCCCCCCCCCCCCCCN1CCS(=O)(=O)CC1. The summed E-state index contributed by atoms with van der Waals surface area (Å²) in [4.78, 5) is 2.32. The molecule has 1 fully saturated rings. The fraction of sp³-hybridized carbons (Fsp3) is 1.00. The van der Waals surface area contributed by atoms with Gasteiger partial charge in [0.05, 0.1) is 11.5 Å². The second-order valence-corrected chi connectivity index (χ2v) is 10.2. The minimum absolute atomic E-state index is 0.367. The molecule has 3 nitrogen and oxygen atoms in total. The van der Waals surface area contributed by atoms with Crippen molar-refractivity contribution < 1.29 is 8.42 Å². The molecule has 0 N–H and O–H groups in total. The predicted octanol–water partition coefficient (Wildman–Crippen LogP) is 5.59. The molecule has 25 heavy (non-hydrogen) atoms. The maximum Gasteiger partial charge on any atom is 0.152 e. The third-order valence-electron chi connectivity index (χ3n) is 5.51. The van der Waals surface area contributed by atoms with Crippen molar-refractivity contribution in [1.29, 1.82) is 0 Å². The standard InChI is InChI=1S/C21H43NO2S/c1-2-3-4-5-6-7-8-9-10-11-12-13-14-15-16-17-22-18-20-25(23,24)21-19-22/h2-21H2,1H3. The van der Waals surface area contributed by atoms with E-state index in [0.29, 0.717) is 11.5 Å². The Bertz CT molecular complexity index is 381. The Morgan fingerprint density at radius 2 is 0.960 bits per heavy atom. The van der Waals surface area contributed by atoms with Crippen LogP contribution in [0.1, 0.15) is 103 Å². The molecule has 0 aromatic heterocycles. The van der Waals surface area contributed by atoms with E-state index in [2.05, 4.69) is 11.8 Å². The van der Waals surface area contributed by atoms with Crippen LogP contribution in [0.2, 0.25) is 0 Å². The molecule has 0 unspecified atom stereocenters. The first-order chi connectivity index (χ1) is 12.1. The monoisotopic (exact) mass is 373 g/mol. The first-order valence-corrected chi connectivity index (χ1v) is 12.9. The maximum absolute atomic E-state index is 11.4. The van der Waals surface area contributed by atoms with E-state index in [4.69, 9.17) is 0 Å². The van der Waals surface area contributed by atoms with Crippen molar-refractivity contribution in [1.82, 2.24) is 4.90 Å². The van der Waals surface area contributed by atoms with Crippen molar-refractivity contribution in [2.45, 2.75) is 103 Å². The predicted molar refractivity (Wildman–Crippen MR) is 110 cm³/mol. The van der Waals surface area contributed by atoms with Gasteiger partial charge in [0.2, 0.25) is 0 Å².